The van der Waals surface area contributed by atoms with E-state index in [0.717, 1.165) is 16.9 Å². The molecule has 0 atom stereocenters. The monoisotopic (exact) mass is 220 g/mol. The summed E-state index contributed by atoms with van der Waals surface area (Å²) in [6.07, 6.45) is 0.454. The van der Waals surface area contributed by atoms with E-state index in [0.29, 0.717) is 12.3 Å². The van der Waals surface area contributed by atoms with Gasteiger partial charge in [0, 0.05) is 12.0 Å². The van der Waals surface area contributed by atoms with Gasteiger partial charge in [-0.15, -0.1) is 0 Å². The molecular weight excluding hydrogens is 200 g/mol. The van der Waals surface area contributed by atoms with Crippen LogP contribution in [0.3, 0.4) is 0 Å². The summed E-state index contributed by atoms with van der Waals surface area (Å²) in [6.45, 7) is 7.89. The number of hydrogen-bond acceptors (Lipinski definition) is 2. The van der Waals surface area contributed by atoms with Crippen molar-refractivity contribution in [3.8, 4) is 5.75 Å². The van der Waals surface area contributed by atoms with Crippen LogP contribution < -0.4 is 4.74 Å². The second kappa shape index (κ2) is 5.15. The van der Waals surface area contributed by atoms with Gasteiger partial charge in [-0.05, 0) is 30.9 Å². The fourth-order valence-corrected chi connectivity index (χ4v) is 1.91. The molecule has 2 heteroatoms. The highest BCUT2D eigenvalue weighted by molar-refractivity contribution is 5.79. The Morgan fingerprint density at radius 1 is 1.38 bits per heavy atom. The molecule has 16 heavy (non-hydrogen) atoms. The number of hydrogen-bond donors (Lipinski definition) is 0. The minimum atomic E-state index is 0.169. The molecule has 0 aliphatic carbocycles. The van der Waals surface area contributed by atoms with Crippen LogP contribution in [0.25, 0.3) is 0 Å². The Bertz CT molecular complexity index is 392. The Morgan fingerprint density at radius 2 is 2.00 bits per heavy atom. The van der Waals surface area contributed by atoms with Crippen LogP contribution in [0.5, 0.6) is 5.75 Å². The van der Waals surface area contributed by atoms with E-state index < -0.39 is 0 Å². The fourth-order valence-electron chi connectivity index (χ4n) is 1.91. The molecule has 1 aromatic rings. The second-order valence-corrected chi connectivity index (χ2v) is 4.52. The lowest BCUT2D eigenvalue weighted by Crippen LogP contribution is -2.05. The highest BCUT2D eigenvalue weighted by Gasteiger charge is 2.15. The number of benzene rings is 1. The van der Waals surface area contributed by atoms with Crippen LogP contribution >= 0.6 is 0 Å². The lowest BCUT2D eigenvalue weighted by molar-refractivity contribution is -0.116. The summed E-state index contributed by atoms with van der Waals surface area (Å²) in [6, 6.07) is 4.15. The molecule has 0 amide bonds. The van der Waals surface area contributed by atoms with E-state index in [9.17, 15) is 4.79 Å². The minimum absolute atomic E-state index is 0.169. The van der Waals surface area contributed by atoms with Gasteiger partial charge in [0.1, 0.15) is 11.5 Å². The van der Waals surface area contributed by atoms with E-state index in [2.05, 4.69) is 26.0 Å². The Morgan fingerprint density at radius 3 is 2.44 bits per heavy atom. The molecule has 0 unspecified atom stereocenters. The maximum Gasteiger partial charge on any atom is 0.134 e. The van der Waals surface area contributed by atoms with E-state index in [1.165, 1.54) is 5.56 Å². The SMILES string of the molecule is COc1c(C(C)C)ccc(C)c1CC(C)=O. The summed E-state index contributed by atoms with van der Waals surface area (Å²) < 4.78 is 5.47. The Kier molecular flexibility index (Phi) is 4.11. The maximum atomic E-state index is 11.3. The number of Topliss-reactive ketones (excluding diaryl/α,β-unsaturated/α-hetero) is 1. The Hall–Kier alpha value is -1.31. The zero-order chi connectivity index (χ0) is 12.3. The third-order valence-corrected chi connectivity index (χ3v) is 2.78. The molecule has 88 valence electrons. The van der Waals surface area contributed by atoms with Gasteiger partial charge >= 0.3 is 0 Å². The van der Waals surface area contributed by atoms with Gasteiger partial charge in [0.15, 0.2) is 0 Å². The van der Waals surface area contributed by atoms with Gasteiger partial charge in [-0.2, -0.15) is 0 Å². The molecule has 0 heterocycles. The summed E-state index contributed by atoms with van der Waals surface area (Å²) >= 11 is 0. The number of aryl methyl sites for hydroxylation is 1. The third kappa shape index (κ3) is 2.63. The van der Waals surface area contributed by atoms with Crippen molar-refractivity contribution in [2.24, 2.45) is 0 Å². The molecular formula is C14H20O2. The number of methoxy groups -OCH3 is 1. The first-order valence-electron chi connectivity index (χ1n) is 5.63. The molecule has 0 radical (unpaired) electrons. The van der Waals surface area contributed by atoms with Crippen LogP contribution in [-0.4, -0.2) is 12.9 Å². The van der Waals surface area contributed by atoms with Crippen molar-refractivity contribution in [2.75, 3.05) is 7.11 Å². The van der Waals surface area contributed by atoms with Crippen LogP contribution in [0.15, 0.2) is 12.1 Å². The van der Waals surface area contributed by atoms with Crippen molar-refractivity contribution in [1.29, 1.82) is 0 Å². The van der Waals surface area contributed by atoms with Crippen LogP contribution in [0, 0.1) is 6.92 Å². The number of carbonyl (C=O) groups excluding carboxylic acids is 1. The highest BCUT2D eigenvalue weighted by Crippen LogP contribution is 2.32. The van der Waals surface area contributed by atoms with Gasteiger partial charge in [-0.1, -0.05) is 26.0 Å². The Balaban J connectivity index is 3.32. The summed E-state index contributed by atoms with van der Waals surface area (Å²) in [7, 11) is 1.67. The fraction of sp³-hybridized carbons (Fsp3) is 0.500. The summed E-state index contributed by atoms with van der Waals surface area (Å²) in [5.74, 6) is 1.45. The molecule has 0 bridgehead atoms. The Labute approximate surface area is 97.6 Å². The predicted molar refractivity (Wildman–Crippen MR) is 66.2 cm³/mol. The second-order valence-electron chi connectivity index (χ2n) is 4.52. The van der Waals surface area contributed by atoms with Crippen LogP contribution in [0.4, 0.5) is 0 Å². The number of ether oxygens (including phenoxy) is 1. The largest absolute Gasteiger partial charge is 0.496 e. The van der Waals surface area contributed by atoms with E-state index in [4.69, 9.17) is 4.74 Å². The molecule has 0 aliphatic rings. The molecule has 0 aliphatic heterocycles. The molecule has 0 saturated carbocycles. The standard InChI is InChI=1S/C14H20O2/c1-9(2)12-7-6-10(3)13(8-11(4)15)14(12)16-5/h6-7,9H,8H2,1-5H3. The normalized spacial score (nSPS) is 10.6. The van der Waals surface area contributed by atoms with Crippen molar-refractivity contribution < 1.29 is 9.53 Å². The van der Waals surface area contributed by atoms with Crippen molar-refractivity contribution in [2.45, 2.75) is 40.0 Å². The van der Waals surface area contributed by atoms with Gasteiger partial charge in [0.2, 0.25) is 0 Å². The summed E-state index contributed by atoms with van der Waals surface area (Å²) in [4.78, 5) is 11.3. The third-order valence-electron chi connectivity index (χ3n) is 2.78. The van der Waals surface area contributed by atoms with E-state index >= 15 is 0 Å². The molecule has 1 rings (SSSR count). The van der Waals surface area contributed by atoms with Gasteiger partial charge in [0.25, 0.3) is 0 Å². The van der Waals surface area contributed by atoms with Gasteiger partial charge in [-0.25, -0.2) is 0 Å². The molecule has 0 N–H and O–H groups in total. The van der Waals surface area contributed by atoms with Crippen LogP contribution in [0.1, 0.15) is 43.4 Å². The number of rotatable bonds is 4. The molecule has 1 aromatic carbocycles. The molecule has 0 saturated heterocycles. The molecule has 0 fully saturated rings. The van der Waals surface area contributed by atoms with Gasteiger partial charge in [-0.3, -0.25) is 4.79 Å². The highest BCUT2D eigenvalue weighted by atomic mass is 16.5. The predicted octanol–water partition coefficient (Wildman–Crippen LogP) is 3.26. The zero-order valence-corrected chi connectivity index (χ0v) is 10.8. The quantitative estimate of drug-likeness (QED) is 0.778. The lowest BCUT2D eigenvalue weighted by Gasteiger charge is -2.17. The van der Waals surface area contributed by atoms with Crippen LogP contribution in [0.2, 0.25) is 0 Å². The molecule has 0 spiro atoms. The molecule has 2 nitrogen and oxygen atoms in total. The van der Waals surface area contributed by atoms with E-state index in [1.54, 1.807) is 14.0 Å². The summed E-state index contributed by atoms with van der Waals surface area (Å²) in [5.41, 5.74) is 3.32. The first-order valence-corrected chi connectivity index (χ1v) is 5.63. The minimum Gasteiger partial charge on any atom is -0.496 e. The average Bonchev–Trinajstić information content (AvgIpc) is 2.19. The molecule has 0 aromatic heterocycles. The maximum absolute atomic E-state index is 11.3. The van der Waals surface area contributed by atoms with E-state index in [-0.39, 0.29) is 5.78 Å². The van der Waals surface area contributed by atoms with Gasteiger partial charge < -0.3 is 4.74 Å². The summed E-state index contributed by atoms with van der Waals surface area (Å²) in [5, 5.41) is 0. The average molecular weight is 220 g/mol. The van der Waals surface area contributed by atoms with Crippen molar-refractivity contribution in [3.05, 3.63) is 28.8 Å². The van der Waals surface area contributed by atoms with Crippen molar-refractivity contribution >= 4 is 5.78 Å². The smallest absolute Gasteiger partial charge is 0.134 e. The first kappa shape index (κ1) is 12.8. The van der Waals surface area contributed by atoms with Crippen molar-refractivity contribution in [1.82, 2.24) is 0 Å². The van der Waals surface area contributed by atoms with Crippen LogP contribution in [-0.2, 0) is 11.2 Å². The zero-order valence-electron chi connectivity index (χ0n) is 10.8. The van der Waals surface area contributed by atoms with Gasteiger partial charge in [0.05, 0.1) is 7.11 Å². The number of ketones is 1. The van der Waals surface area contributed by atoms with Crippen molar-refractivity contribution in [3.63, 3.8) is 0 Å². The number of carbonyl (C=O) groups is 1. The first-order chi connectivity index (χ1) is 7.47. The lowest BCUT2D eigenvalue weighted by atomic mass is 9.93. The topological polar surface area (TPSA) is 26.3 Å². The van der Waals surface area contributed by atoms with E-state index in [1.807, 2.05) is 6.92 Å².